The summed E-state index contributed by atoms with van der Waals surface area (Å²) in [7, 11) is 0. The minimum atomic E-state index is -0.837. The molecule has 0 radical (unpaired) electrons. The third kappa shape index (κ3) is 6.50. The van der Waals surface area contributed by atoms with Gasteiger partial charge in [-0.2, -0.15) is 0 Å². The molecule has 6 heteroatoms. The van der Waals surface area contributed by atoms with Crippen molar-refractivity contribution < 1.29 is 14.3 Å². The fourth-order valence-electron chi connectivity index (χ4n) is 6.49. The predicted octanol–water partition coefficient (Wildman–Crippen LogP) is 6.39. The van der Waals surface area contributed by atoms with Gasteiger partial charge in [0.15, 0.2) is 5.60 Å². The maximum Gasteiger partial charge on any atom is 0.408 e. The van der Waals surface area contributed by atoms with Gasteiger partial charge >= 0.3 is 6.09 Å². The molecule has 0 atom stereocenters. The molecule has 1 N–H and O–H groups in total. The van der Waals surface area contributed by atoms with E-state index in [1.165, 1.54) is 0 Å². The Hall–Kier alpha value is -4.42. The fraction of sp³-hybridized carbons (Fsp3) is 0.297. The van der Waals surface area contributed by atoms with Gasteiger partial charge in [-0.15, -0.1) is 0 Å². The van der Waals surface area contributed by atoms with E-state index in [2.05, 4.69) is 34.5 Å². The Balaban J connectivity index is 1.08. The zero-order valence-electron chi connectivity index (χ0n) is 24.6. The lowest BCUT2D eigenvalue weighted by atomic mass is 9.86. The van der Waals surface area contributed by atoms with Crippen LogP contribution in [0.3, 0.4) is 0 Å². The zero-order chi connectivity index (χ0) is 29.5. The number of alkyl carbamates (subject to hydrolysis) is 1. The SMILES string of the molecule is O=C(NCc1ccccc1)OC1(CCCCN2CCN(C(=O)Cc3ccccc3)CC2)c2ccccc2-c2ccccc21. The molecule has 0 bridgehead atoms. The lowest BCUT2D eigenvalue weighted by molar-refractivity contribution is -0.132. The third-order valence-electron chi connectivity index (χ3n) is 8.74. The van der Waals surface area contributed by atoms with Crippen LogP contribution in [0.4, 0.5) is 4.79 Å². The van der Waals surface area contributed by atoms with Crippen LogP contribution >= 0.6 is 0 Å². The van der Waals surface area contributed by atoms with Crippen molar-refractivity contribution in [3.63, 3.8) is 0 Å². The zero-order valence-corrected chi connectivity index (χ0v) is 24.6. The standard InChI is InChI=1S/C37H39N3O3/c41-35(27-29-13-3-1-4-14-29)40-25-23-39(24-26-40)22-12-11-21-37(43-36(42)38-28-30-15-5-2-6-16-30)33-19-9-7-17-31(33)32-18-8-10-20-34(32)37/h1-10,13-20H,11-12,21-28H2,(H,38,42). The number of carbonyl (C=O) groups is 2. The van der Waals surface area contributed by atoms with Crippen molar-refractivity contribution >= 4 is 12.0 Å². The molecule has 220 valence electrons. The number of nitrogens with zero attached hydrogens (tertiary/aromatic N) is 2. The normalized spacial score (nSPS) is 15.4. The minimum Gasteiger partial charge on any atom is -0.433 e. The van der Waals surface area contributed by atoms with Gasteiger partial charge in [0.25, 0.3) is 0 Å². The molecule has 6 nitrogen and oxygen atoms in total. The van der Waals surface area contributed by atoms with Crippen molar-refractivity contribution in [2.45, 2.75) is 37.8 Å². The number of piperazine rings is 1. The summed E-state index contributed by atoms with van der Waals surface area (Å²) in [6.07, 6.45) is 2.65. The van der Waals surface area contributed by atoms with Gasteiger partial charge in [0.2, 0.25) is 5.91 Å². The van der Waals surface area contributed by atoms with Crippen LogP contribution in [0.1, 0.15) is 41.5 Å². The highest BCUT2D eigenvalue weighted by molar-refractivity contribution is 5.82. The van der Waals surface area contributed by atoms with Gasteiger partial charge in [0.1, 0.15) is 0 Å². The molecule has 0 unspecified atom stereocenters. The molecule has 1 heterocycles. The number of amides is 2. The summed E-state index contributed by atoms with van der Waals surface area (Å²) in [6, 6.07) is 36.5. The Morgan fingerprint density at radius 3 is 1.86 bits per heavy atom. The van der Waals surface area contributed by atoms with Crippen LogP contribution in [0.2, 0.25) is 0 Å². The van der Waals surface area contributed by atoms with Crippen LogP contribution in [0.25, 0.3) is 11.1 Å². The monoisotopic (exact) mass is 573 g/mol. The van der Waals surface area contributed by atoms with E-state index in [1.807, 2.05) is 89.8 Å². The Bertz CT molecular complexity index is 1490. The van der Waals surface area contributed by atoms with E-state index in [-0.39, 0.29) is 5.91 Å². The first-order valence-corrected chi connectivity index (χ1v) is 15.4. The van der Waals surface area contributed by atoms with Crippen molar-refractivity contribution in [3.05, 3.63) is 131 Å². The number of unbranched alkanes of at least 4 members (excludes halogenated alkanes) is 1. The van der Waals surface area contributed by atoms with E-state index >= 15 is 0 Å². The summed E-state index contributed by atoms with van der Waals surface area (Å²) < 4.78 is 6.45. The highest BCUT2D eigenvalue weighted by Gasteiger charge is 2.46. The molecule has 2 aliphatic rings. The predicted molar refractivity (Wildman–Crippen MR) is 169 cm³/mol. The van der Waals surface area contributed by atoms with E-state index in [9.17, 15) is 9.59 Å². The van der Waals surface area contributed by atoms with Gasteiger partial charge in [-0.3, -0.25) is 9.69 Å². The van der Waals surface area contributed by atoms with E-state index in [4.69, 9.17) is 4.74 Å². The van der Waals surface area contributed by atoms with Gasteiger partial charge in [-0.25, -0.2) is 4.79 Å². The van der Waals surface area contributed by atoms with Gasteiger partial charge in [-0.05, 0) is 48.1 Å². The summed E-state index contributed by atoms with van der Waals surface area (Å²) in [4.78, 5) is 30.5. The quantitative estimate of drug-likeness (QED) is 0.223. The molecular weight excluding hydrogens is 534 g/mol. The summed E-state index contributed by atoms with van der Waals surface area (Å²) in [5, 5.41) is 2.98. The lowest BCUT2D eigenvalue weighted by Crippen LogP contribution is -2.49. The van der Waals surface area contributed by atoms with Crippen molar-refractivity contribution in [1.82, 2.24) is 15.1 Å². The first kappa shape index (κ1) is 28.7. The number of nitrogens with one attached hydrogen (secondary N) is 1. The highest BCUT2D eigenvalue weighted by atomic mass is 16.6. The van der Waals surface area contributed by atoms with Crippen molar-refractivity contribution in [3.8, 4) is 11.1 Å². The molecule has 0 spiro atoms. The van der Waals surface area contributed by atoms with Crippen LogP contribution in [-0.4, -0.2) is 54.5 Å². The lowest BCUT2D eigenvalue weighted by Gasteiger charge is -2.35. The molecule has 0 saturated carbocycles. The summed E-state index contributed by atoms with van der Waals surface area (Å²) >= 11 is 0. The van der Waals surface area contributed by atoms with E-state index in [1.54, 1.807) is 0 Å². The molecule has 0 aromatic heterocycles. The topological polar surface area (TPSA) is 61.9 Å². The van der Waals surface area contributed by atoms with Crippen LogP contribution in [0, 0.1) is 0 Å². The average molecular weight is 574 g/mol. The first-order chi connectivity index (χ1) is 21.1. The number of ether oxygens (including phenoxy) is 1. The largest absolute Gasteiger partial charge is 0.433 e. The van der Waals surface area contributed by atoms with E-state index < -0.39 is 11.7 Å². The Kier molecular flexibility index (Phi) is 8.85. The van der Waals surface area contributed by atoms with Crippen LogP contribution in [0.5, 0.6) is 0 Å². The Morgan fingerprint density at radius 1 is 0.674 bits per heavy atom. The summed E-state index contributed by atoms with van der Waals surface area (Å²) in [5.74, 6) is 0.203. The molecule has 1 fully saturated rings. The summed E-state index contributed by atoms with van der Waals surface area (Å²) in [6.45, 7) is 4.67. The molecule has 4 aromatic carbocycles. The van der Waals surface area contributed by atoms with Crippen LogP contribution in [-0.2, 0) is 28.1 Å². The molecule has 1 aliphatic carbocycles. The van der Waals surface area contributed by atoms with Gasteiger partial charge < -0.3 is 15.0 Å². The molecule has 6 rings (SSSR count). The highest BCUT2D eigenvalue weighted by Crippen LogP contribution is 2.52. The Morgan fingerprint density at radius 2 is 1.23 bits per heavy atom. The number of rotatable bonds is 10. The van der Waals surface area contributed by atoms with Gasteiger partial charge in [0.05, 0.1) is 6.42 Å². The summed E-state index contributed by atoms with van der Waals surface area (Å²) in [5.41, 5.74) is 5.62. The van der Waals surface area contributed by atoms with E-state index in [0.29, 0.717) is 19.4 Å². The second-order valence-electron chi connectivity index (χ2n) is 11.5. The number of hydrogen-bond donors (Lipinski definition) is 1. The number of carbonyl (C=O) groups excluding carboxylic acids is 2. The maximum atomic E-state index is 13.3. The number of fused-ring (bicyclic) bond motifs is 3. The maximum absolute atomic E-state index is 13.3. The smallest absolute Gasteiger partial charge is 0.408 e. The number of benzene rings is 4. The van der Waals surface area contributed by atoms with E-state index in [0.717, 1.165) is 78.9 Å². The molecule has 43 heavy (non-hydrogen) atoms. The molecule has 1 saturated heterocycles. The van der Waals surface area contributed by atoms with Crippen molar-refractivity contribution in [2.75, 3.05) is 32.7 Å². The average Bonchev–Trinajstić information content (AvgIpc) is 3.33. The fourth-order valence-corrected chi connectivity index (χ4v) is 6.49. The molecule has 1 aliphatic heterocycles. The van der Waals surface area contributed by atoms with Crippen LogP contribution in [0.15, 0.2) is 109 Å². The van der Waals surface area contributed by atoms with Gasteiger partial charge in [0, 0.05) is 43.9 Å². The second kappa shape index (κ2) is 13.3. The molecule has 2 amide bonds. The van der Waals surface area contributed by atoms with Crippen molar-refractivity contribution in [2.24, 2.45) is 0 Å². The van der Waals surface area contributed by atoms with Gasteiger partial charge in [-0.1, -0.05) is 109 Å². The Labute approximate surface area is 254 Å². The molecular formula is C37H39N3O3. The third-order valence-corrected chi connectivity index (χ3v) is 8.74. The second-order valence-corrected chi connectivity index (χ2v) is 11.5. The minimum absolute atomic E-state index is 0.203. The first-order valence-electron chi connectivity index (χ1n) is 15.4. The van der Waals surface area contributed by atoms with Crippen LogP contribution < -0.4 is 5.32 Å². The molecule has 4 aromatic rings. The number of hydrogen-bond acceptors (Lipinski definition) is 4. The van der Waals surface area contributed by atoms with Crippen molar-refractivity contribution in [1.29, 1.82) is 0 Å².